The Labute approximate surface area is 228 Å². The number of phenols is 2. The van der Waals surface area contributed by atoms with Gasteiger partial charge in [0.1, 0.15) is 5.82 Å². The molecule has 0 saturated carbocycles. The second kappa shape index (κ2) is 12.2. The van der Waals surface area contributed by atoms with Gasteiger partial charge >= 0.3 is 6.03 Å². The van der Waals surface area contributed by atoms with Crippen molar-refractivity contribution in [3.8, 4) is 22.8 Å². The first-order chi connectivity index (χ1) is 18.4. The van der Waals surface area contributed by atoms with Crippen LogP contribution in [0.25, 0.3) is 11.3 Å². The molecule has 38 heavy (non-hydrogen) atoms. The summed E-state index contributed by atoms with van der Waals surface area (Å²) in [7, 11) is 0. The minimum absolute atomic E-state index is 0.208. The maximum absolute atomic E-state index is 13.0. The molecular weight excluding hydrogens is 502 g/mol. The number of nitrogens with one attached hydrogen (secondary N) is 1. The lowest BCUT2D eigenvalue weighted by Crippen LogP contribution is -2.50. The quantitative estimate of drug-likeness (QED) is 0.337. The largest absolute Gasteiger partial charge is 0.504 e. The van der Waals surface area contributed by atoms with Crippen LogP contribution < -0.4 is 20.0 Å². The zero-order valence-corrected chi connectivity index (χ0v) is 23.3. The van der Waals surface area contributed by atoms with Crippen molar-refractivity contribution < 1.29 is 15.0 Å². The molecule has 10 nitrogen and oxygen atoms in total. The zero-order chi connectivity index (χ0) is 27.2. The Balaban J connectivity index is 1.44. The van der Waals surface area contributed by atoms with Crippen LogP contribution in [0.2, 0.25) is 0 Å². The van der Waals surface area contributed by atoms with Gasteiger partial charge in [-0.15, -0.1) is 11.3 Å². The molecule has 0 unspecified atom stereocenters. The fraction of sp³-hybridized carbons (Fsp3) is 0.444. The summed E-state index contributed by atoms with van der Waals surface area (Å²) in [6.45, 7) is 14.6. The molecule has 1 saturated heterocycles. The van der Waals surface area contributed by atoms with Crippen LogP contribution in [-0.4, -0.2) is 83.5 Å². The first-order valence-corrected chi connectivity index (χ1v) is 14.1. The Morgan fingerprint density at radius 3 is 2.29 bits per heavy atom. The van der Waals surface area contributed by atoms with Crippen LogP contribution in [-0.2, 0) is 0 Å². The van der Waals surface area contributed by atoms with E-state index in [9.17, 15) is 15.0 Å². The topological polar surface area (TPSA) is 108 Å². The van der Waals surface area contributed by atoms with Gasteiger partial charge in [-0.1, -0.05) is 6.07 Å². The van der Waals surface area contributed by atoms with Gasteiger partial charge in [0.2, 0.25) is 0 Å². The molecule has 1 aromatic carbocycles. The van der Waals surface area contributed by atoms with Crippen molar-refractivity contribution >= 4 is 39.8 Å². The molecule has 0 radical (unpaired) electrons. The predicted octanol–water partition coefficient (Wildman–Crippen LogP) is 4.66. The fourth-order valence-electron chi connectivity index (χ4n) is 4.68. The molecule has 0 aliphatic carbocycles. The van der Waals surface area contributed by atoms with Crippen molar-refractivity contribution in [1.82, 2.24) is 14.9 Å². The van der Waals surface area contributed by atoms with Crippen molar-refractivity contribution in [2.45, 2.75) is 27.7 Å². The van der Waals surface area contributed by atoms with E-state index in [4.69, 9.17) is 4.98 Å². The van der Waals surface area contributed by atoms with Crippen LogP contribution in [0.4, 0.5) is 27.2 Å². The number of phenolic OH excluding ortho intramolecular Hbond substituents is 2. The predicted molar refractivity (Wildman–Crippen MR) is 155 cm³/mol. The molecule has 3 N–H and O–H groups in total. The number of carbonyl (C=O) groups excluding carboxylic acids is 1. The second-order valence-electron chi connectivity index (χ2n) is 8.97. The van der Waals surface area contributed by atoms with Gasteiger partial charge < -0.3 is 29.8 Å². The van der Waals surface area contributed by atoms with Crippen LogP contribution in [0.1, 0.15) is 27.7 Å². The number of thiazole rings is 1. The van der Waals surface area contributed by atoms with E-state index < -0.39 is 0 Å². The molecule has 2 amide bonds. The first-order valence-electron chi connectivity index (χ1n) is 13.2. The lowest BCUT2D eigenvalue weighted by atomic mass is 10.1. The fourth-order valence-corrected chi connectivity index (χ4v) is 5.38. The number of amides is 2. The van der Waals surface area contributed by atoms with E-state index in [1.807, 2.05) is 0 Å². The third-order valence-electron chi connectivity index (χ3n) is 6.91. The number of para-hydroxylation sites is 1. The summed E-state index contributed by atoms with van der Waals surface area (Å²) in [5.41, 5.74) is 2.03. The number of carbonyl (C=O) groups is 1. The van der Waals surface area contributed by atoms with Crippen LogP contribution in [0.5, 0.6) is 11.5 Å². The van der Waals surface area contributed by atoms with E-state index in [0.717, 1.165) is 43.5 Å². The second-order valence-corrected chi connectivity index (χ2v) is 9.83. The number of aromatic hydroxyl groups is 2. The summed E-state index contributed by atoms with van der Waals surface area (Å²) in [4.78, 5) is 31.1. The average molecular weight is 540 g/mol. The number of pyridine rings is 1. The number of urea groups is 1. The van der Waals surface area contributed by atoms with E-state index in [0.29, 0.717) is 42.6 Å². The van der Waals surface area contributed by atoms with Gasteiger partial charge in [-0.25, -0.2) is 14.8 Å². The third kappa shape index (κ3) is 5.72. The number of hydrogen-bond donors (Lipinski definition) is 3. The highest BCUT2D eigenvalue weighted by atomic mass is 32.1. The Hall–Kier alpha value is -3.73. The van der Waals surface area contributed by atoms with Crippen LogP contribution in [0, 0.1) is 0 Å². The lowest BCUT2D eigenvalue weighted by molar-refractivity contribution is 0.208. The number of anilines is 4. The molecule has 204 valence electrons. The average Bonchev–Trinajstić information content (AvgIpc) is 3.40. The molecule has 1 aliphatic heterocycles. The minimum Gasteiger partial charge on any atom is -0.504 e. The number of rotatable bonds is 9. The van der Waals surface area contributed by atoms with Gasteiger partial charge in [-0.05, 0) is 52.0 Å². The minimum atomic E-state index is -0.227. The van der Waals surface area contributed by atoms with Crippen molar-refractivity contribution in [3.63, 3.8) is 0 Å². The normalized spacial score (nSPS) is 13.5. The lowest BCUT2D eigenvalue weighted by Gasteiger charge is -2.38. The molecular formula is C27H37N7O3S. The highest BCUT2D eigenvalue weighted by Crippen LogP contribution is 2.37. The van der Waals surface area contributed by atoms with Crippen molar-refractivity contribution in [3.05, 3.63) is 35.7 Å². The van der Waals surface area contributed by atoms with Gasteiger partial charge in [0, 0.05) is 63.3 Å². The van der Waals surface area contributed by atoms with Gasteiger partial charge in [0.05, 0.1) is 11.4 Å². The van der Waals surface area contributed by atoms with Crippen molar-refractivity contribution in [2.75, 3.05) is 72.4 Å². The first kappa shape index (κ1) is 27.3. The smallest absolute Gasteiger partial charge is 0.323 e. The van der Waals surface area contributed by atoms with Gasteiger partial charge in [-0.2, -0.15) is 0 Å². The summed E-state index contributed by atoms with van der Waals surface area (Å²) in [5.74, 6) is 1.50. The van der Waals surface area contributed by atoms with E-state index in [1.54, 1.807) is 22.4 Å². The molecule has 4 rings (SSSR count). The van der Waals surface area contributed by atoms with Crippen LogP contribution in [0.3, 0.4) is 0 Å². The maximum atomic E-state index is 13.0. The summed E-state index contributed by atoms with van der Waals surface area (Å²) in [6.07, 6.45) is 0. The highest BCUT2D eigenvalue weighted by Gasteiger charge is 2.26. The molecule has 3 heterocycles. The van der Waals surface area contributed by atoms with E-state index in [1.165, 1.54) is 17.4 Å². The standard InChI is InChI=1S/C27H37N7O3S/c1-5-31(6-2)21-12-13-23(32(7-3)8-4)29-25(21)33-14-16-34(17-15-33)27(37)30-26-28-20(18-38-26)19-10-9-11-22(35)24(19)36/h9-13,18,35-36H,5-8,14-17H2,1-4H3,(H,28,30,37). The van der Waals surface area contributed by atoms with Gasteiger partial charge in [-0.3, -0.25) is 5.32 Å². The molecule has 1 aliphatic rings. The molecule has 3 aromatic rings. The summed E-state index contributed by atoms with van der Waals surface area (Å²) >= 11 is 1.27. The van der Waals surface area contributed by atoms with Crippen LogP contribution in [0.15, 0.2) is 35.7 Å². The molecule has 0 atom stereocenters. The molecule has 2 aromatic heterocycles. The monoisotopic (exact) mass is 539 g/mol. The Morgan fingerprint density at radius 2 is 1.63 bits per heavy atom. The highest BCUT2D eigenvalue weighted by molar-refractivity contribution is 7.14. The van der Waals surface area contributed by atoms with Crippen molar-refractivity contribution in [1.29, 1.82) is 0 Å². The van der Waals surface area contributed by atoms with Gasteiger partial charge in [0.25, 0.3) is 0 Å². The number of benzene rings is 1. The third-order valence-corrected chi connectivity index (χ3v) is 7.66. The Morgan fingerprint density at radius 1 is 0.947 bits per heavy atom. The Bertz CT molecular complexity index is 1240. The Kier molecular flexibility index (Phi) is 8.77. The summed E-state index contributed by atoms with van der Waals surface area (Å²) in [6, 6.07) is 8.79. The van der Waals surface area contributed by atoms with Crippen molar-refractivity contribution in [2.24, 2.45) is 0 Å². The van der Waals surface area contributed by atoms with E-state index in [2.05, 4.69) is 64.8 Å². The summed E-state index contributed by atoms with van der Waals surface area (Å²) < 4.78 is 0. The maximum Gasteiger partial charge on any atom is 0.323 e. The number of hydrogen-bond acceptors (Lipinski definition) is 9. The molecule has 11 heteroatoms. The number of piperazine rings is 1. The molecule has 0 spiro atoms. The van der Waals surface area contributed by atoms with E-state index >= 15 is 0 Å². The number of nitrogens with zero attached hydrogens (tertiary/aromatic N) is 6. The molecule has 0 bridgehead atoms. The number of aromatic nitrogens is 2. The van der Waals surface area contributed by atoms with E-state index in [-0.39, 0.29) is 17.5 Å². The molecule has 1 fully saturated rings. The van der Waals surface area contributed by atoms with Crippen LogP contribution >= 0.6 is 11.3 Å². The van der Waals surface area contributed by atoms with Gasteiger partial charge in [0.15, 0.2) is 22.4 Å². The summed E-state index contributed by atoms with van der Waals surface area (Å²) in [5, 5.41) is 25.0. The SMILES string of the molecule is CCN(CC)c1ccc(N(CC)CC)c(N2CCN(C(=O)Nc3nc(-c4cccc(O)c4O)cs3)CC2)n1. The zero-order valence-electron chi connectivity index (χ0n) is 22.5.